The van der Waals surface area contributed by atoms with Crippen molar-refractivity contribution in [3.63, 3.8) is 0 Å². The second-order valence-electron chi connectivity index (χ2n) is 3.41. The lowest BCUT2D eigenvalue weighted by atomic mass is 10.1. The molecule has 0 aliphatic carbocycles. The number of benzene rings is 1. The summed E-state index contributed by atoms with van der Waals surface area (Å²) in [4.78, 5) is 0. The van der Waals surface area contributed by atoms with E-state index in [1.807, 2.05) is 30.3 Å². The predicted molar refractivity (Wildman–Crippen MR) is 57.2 cm³/mol. The molecule has 0 fully saturated rings. The SMILES string of the molecule is OC[C@H](O)[C@@H](CO)NCc1ccccc1. The molecule has 0 saturated carbocycles. The van der Waals surface area contributed by atoms with Crippen LogP contribution in [0.1, 0.15) is 5.56 Å². The van der Waals surface area contributed by atoms with Crippen molar-refractivity contribution in [1.82, 2.24) is 5.32 Å². The minimum Gasteiger partial charge on any atom is -0.395 e. The topological polar surface area (TPSA) is 72.7 Å². The number of aliphatic hydroxyl groups excluding tert-OH is 3. The highest BCUT2D eigenvalue weighted by molar-refractivity contribution is 5.14. The molecule has 2 atom stereocenters. The molecule has 0 unspecified atom stereocenters. The molecule has 0 amide bonds. The molecule has 0 saturated heterocycles. The first kappa shape index (κ1) is 12.1. The first-order chi connectivity index (χ1) is 7.27. The molecule has 0 heterocycles. The van der Waals surface area contributed by atoms with Crippen LogP contribution in [-0.4, -0.2) is 40.7 Å². The van der Waals surface area contributed by atoms with Crippen LogP contribution in [0.2, 0.25) is 0 Å². The third kappa shape index (κ3) is 3.97. The number of rotatable bonds is 6. The van der Waals surface area contributed by atoms with Crippen LogP contribution in [0.25, 0.3) is 0 Å². The Bertz CT molecular complexity index is 266. The quantitative estimate of drug-likeness (QED) is 0.511. The highest BCUT2D eigenvalue weighted by Gasteiger charge is 2.16. The van der Waals surface area contributed by atoms with Crippen LogP contribution in [-0.2, 0) is 6.54 Å². The van der Waals surface area contributed by atoms with E-state index in [0.717, 1.165) is 5.56 Å². The molecule has 0 bridgehead atoms. The van der Waals surface area contributed by atoms with Crippen molar-refractivity contribution < 1.29 is 15.3 Å². The number of hydrogen-bond donors (Lipinski definition) is 4. The minimum absolute atomic E-state index is 0.200. The van der Waals surface area contributed by atoms with Crippen LogP contribution in [0.15, 0.2) is 30.3 Å². The fourth-order valence-corrected chi connectivity index (χ4v) is 1.29. The van der Waals surface area contributed by atoms with E-state index in [1.54, 1.807) is 0 Å². The van der Waals surface area contributed by atoms with Gasteiger partial charge in [-0.25, -0.2) is 0 Å². The second kappa shape index (κ2) is 6.53. The summed E-state index contributed by atoms with van der Waals surface area (Å²) < 4.78 is 0. The first-order valence-electron chi connectivity index (χ1n) is 4.95. The van der Waals surface area contributed by atoms with Gasteiger partial charge in [0.15, 0.2) is 0 Å². The van der Waals surface area contributed by atoms with Crippen molar-refractivity contribution in [2.75, 3.05) is 13.2 Å². The average molecular weight is 211 g/mol. The van der Waals surface area contributed by atoms with Gasteiger partial charge in [-0.05, 0) is 5.56 Å². The van der Waals surface area contributed by atoms with Gasteiger partial charge in [0, 0.05) is 6.54 Å². The van der Waals surface area contributed by atoms with E-state index in [-0.39, 0.29) is 13.2 Å². The second-order valence-corrected chi connectivity index (χ2v) is 3.41. The zero-order chi connectivity index (χ0) is 11.1. The van der Waals surface area contributed by atoms with E-state index >= 15 is 0 Å². The van der Waals surface area contributed by atoms with Crippen LogP contribution in [0.4, 0.5) is 0 Å². The standard InChI is InChI=1S/C11H17NO3/c13-7-10(11(15)8-14)12-6-9-4-2-1-3-5-9/h1-5,10-15H,6-8H2/t10-,11+/m1/s1. The molecule has 0 aromatic heterocycles. The van der Waals surface area contributed by atoms with Crippen molar-refractivity contribution in [2.24, 2.45) is 0 Å². The predicted octanol–water partition coefficient (Wildman–Crippen LogP) is -0.510. The molecule has 0 aliphatic rings. The Morgan fingerprint density at radius 2 is 1.73 bits per heavy atom. The van der Waals surface area contributed by atoms with Crippen molar-refractivity contribution >= 4 is 0 Å². The maximum atomic E-state index is 9.32. The lowest BCUT2D eigenvalue weighted by Gasteiger charge is -2.20. The molecule has 1 rings (SSSR count). The van der Waals surface area contributed by atoms with E-state index in [4.69, 9.17) is 10.2 Å². The molecule has 0 radical (unpaired) electrons. The van der Waals surface area contributed by atoms with Crippen molar-refractivity contribution in [1.29, 1.82) is 0 Å². The van der Waals surface area contributed by atoms with Gasteiger partial charge in [0.05, 0.1) is 25.4 Å². The Labute approximate surface area is 89.2 Å². The summed E-state index contributed by atoms with van der Waals surface area (Å²) in [5.74, 6) is 0. The Hall–Kier alpha value is -0.940. The van der Waals surface area contributed by atoms with Gasteiger partial charge in [0.25, 0.3) is 0 Å². The molecule has 4 nitrogen and oxygen atoms in total. The number of hydrogen-bond acceptors (Lipinski definition) is 4. The molecule has 4 N–H and O–H groups in total. The highest BCUT2D eigenvalue weighted by atomic mass is 16.3. The van der Waals surface area contributed by atoms with E-state index in [2.05, 4.69) is 5.32 Å². The third-order valence-corrected chi connectivity index (χ3v) is 2.26. The Kier molecular flexibility index (Phi) is 5.28. The molecule has 0 spiro atoms. The lowest BCUT2D eigenvalue weighted by Crippen LogP contribution is -2.44. The van der Waals surface area contributed by atoms with Crippen LogP contribution in [0.3, 0.4) is 0 Å². The monoisotopic (exact) mass is 211 g/mol. The van der Waals surface area contributed by atoms with Gasteiger partial charge in [-0.2, -0.15) is 0 Å². The fraction of sp³-hybridized carbons (Fsp3) is 0.455. The number of nitrogens with one attached hydrogen (secondary N) is 1. The van der Waals surface area contributed by atoms with Gasteiger partial charge in [-0.1, -0.05) is 30.3 Å². The molecule has 4 heteroatoms. The summed E-state index contributed by atoms with van der Waals surface area (Å²) in [5.41, 5.74) is 1.07. The van der Waals surface area contributed by atoms with Gasteiger partial charge in [-0.3, -0.25) is 0 Å². The smallest absolute Gasteiger partial charge is 0.0945 e. The largest absolute Gasteiger partial charge is 0.395 e. The van der Waals surface area contributed by atoms with Crippen molar-refractivity contribution in [3.05, 3.63) is 35.9 Å². The van der Waals surface area contributed by atoms with Gasteiger partial charge in [0.1, 0.15) is 0 Å². The fourth-order valence-electron chi connectivity index (χ4n) is 1.29. The maximum Gasteiger partial charge on any atom is 0.0945 e. The van der Waals surface area contributed by atoms with Gasteiger partial charge >= 0.3 is 0 Å². The van der Waals surface area contributed by atoms with E-state index in [0.29, 0.717) is 6.54 Å². The van der Waals surface area contributed by atoms with E-state index in [1.165, 1.54) is 0 Å². The molecule has 84 valence electrons. The van der Waals surface area contributed by atoms with E-state index in [9.17, 15) is 5.11 Å². The molecular weight excluding hydrogens is 194 g/mol. The minimum atomic E-state index is -0.932. The summed E-state index contributed by atoms with van der Waals surface area (Å²) in [6, 6.07) is 9.19. The summed E-state index contributed by atoms with van der Waals surface area (Å²) in [7, 11) is 0. The first-order valence-corrected chi connectivity index (χ1v) is 4.95. The summed E-state index contributed by atoms with van der Waals surface area (Å²) in [6.07, 6.45) is -0.932. The van der Waals surface area contributed by atoms with Crippen LogP contribution >= 0.6 is 0 Å². The molecular formula is C11H17NO3. The summed E-state index contributed by atoms with van der Waals surface area (Å²) in [5, 5.41) is 30.0. The Balaban J connectivity index is 2.41. The van der Waals surface area contributed by atoms with Crippen LogP contribution in [0.5, 0.6) is 0 Å². The van der Waals surface area contributed by atoms with E-state index < -0.39 is 12.1 Å². The van der Waals surface area contributed by atoms with Crippen molar-refractivity contribution in [2.45, 2.75) is 18.7 Å². The molecule has 1 aromatic carbocycles. The van der Waals surface area contributed by atoms with Gasteiger partial charge < -0.3 is 20.6 Å². The summed E-state index contributed by atoms with van der Waals surface area (Å²) in [6.45, 7) is 0.00467. The number of aliphatic hydroxyl groups is 3. The molecule has 0 aliphatic heterocycles. The molecule has 1 aromatic rings. The summed E-state index contributed by atoms with van der Waals surface area (Å²) >= 11 is 0. The maximum absolute atomic E-state index is 9.32. The zero-order valence-corrected chi connectivity index (χ0v) is 8.50. The third-order valence-electron chi connectivity index (χ3n) is 2.26. The highest BCUT2D eigenvalue weighted by Crippen LogP contribution is 1.99. The zero-order valence-electron chi connectivity index (χ0n) is 8.50. The normalized spacial score (nSPS) is 14.9. The van der Waals surface area contributed by atoms with Gasteiger partial charge in [-0.15, -0.1) is 0 Å². The van der Waals surface area contributed by atoms with Crippen LogP contribution < -0.4 is 5.32 Å². The lowest BCUT2D eigenvalue weighted by molar-refractivity contribution is 0.0410. The average Bonchev–Trinajstić information content (AvgIpc) is 2.31. The van der Waals surface area contributed by atoms with Crippen LogP contribution in [0, 0.1) is 0 Å². The van der Waals surface area contributed by atoms with Gasteiger partial charge in [0.2, 0.25) is 0 Å². The molecule has 15 heavy (non-hydrogen) atoms. The Morgan fingerprint density at radius 3 is 2.27 bits per heavy atom. The Morgan fingerprint density at radius 1 is 1.07 bits per heavy atom. The van der Waals surface area contributed by atoms with Crippen molar-refractivity contribution in [3.8, 4) is 0 Å².